The molecule has 0 aliphatic rings. The second-order valence-electron chi connectivity index (χ2n) is 5.65. The van der Waals surface area contributed by atoms with Gasteiger partial charge < -0.3 is 10.0 Å². The summed E-state index contributed by atoms with van der Waals surface area (Å²) in [6.07, 6.45) is 1.19. The number of halogens is 1. The zero-order valence-corrected chi connectivity index (χ0v) is 13.6. The fraction of sp³-hybridized carbons (Fsp3) is 0.533. The lowest BCUT2D eigenvalue weighted by Crippen LogP contribution is -2.39. The molecule has 0 saturated carbocycles. The van der Waals surface area contributed by atoms with Crippen molar-refractivity contribution < 1.29 is 9.90 Å². The highest BCUT2D eigenvalue weighted by atomic mass is 79.9. The van der Waals surface area contributed by atoms with Crippen molar-refractivity contribution in [1.82, 2.24) is 4.90 Å². The Bertz CT molecular complexity index is 452. The molecule has 1 rings (SSSR count). The largest absolute Gasteiger partial charge is 0.389 e. The maximum atomic E-state index is 12.0. The standard InChI is InChI=1S/C15H22BrNO2/c1-11-9-12(5-7-13(11)16)6-8-14(18)17(4)10-15(2,3)19/h5,7,9,19H,6,8,10H2,1-4H3. The number of hydrogen-bond donors (Lipinski definition) is 1. The Kier molecular flexibility index (Phi) is 5.56. The number of carbonyl (C=O) groups is 1. The summed E-state index contributed by atoms with van der Waals surface area (Å²) in [5, 5.41) is 9.69. The molecular weight excluding hydrogens is 306 g/mol. The van der Waals surface area contributed by atoms with Crippen LogP contribution in [0.4, 0.5) is 0 Å². The maximum absolute atomic E-state index is 12.0. The lowest BCUT2D eigenvalue weighted by molar-refractivity contribution is -0.132. The number of carbonyl (C=O) groups excluding carboxylic acids is 1. The zero-order chi connectivity index (χ0) is 14.6. The van der Waals surface area contributed by atoms with E-state index in [1.54, 1.807) is 25.8 Å². The molecule has 0 bridgehead atoms. The van der Waals surface area contributed by atoms with Gasteiger partial charge in [0.25, 0.3) is 0 Å². The van der Waals surface area contributed by atoms with Crippen LogP contribution >= 0.6 is 15.9 Å². The van der Waals surface area contributed by atoms with Crippen molar-refractivity contribution in [2.45, 2.75) is 39.2 Å². The highest BCUT2D eigenvalue weighted by Gasteiger charge is 2.19. The van der Waals surface area contributed by atoms with Crippen molar-refractivity contribution >= 4 is 21.8 Å². The summed E-state index contributed by atoms with van der Waals surface area (Å²) < 4.78 is 1.08. The van der Waals surface area contributed by atoms with Crippen molar-refractivity contribution in [3.05, 3.63) is 33.8 Å². The lowest BCUT2D eigenvalue weighted by Gasteiger charge is -2.25. The molecule has 19 heavy (non-hydrogen) atoms. The molecule has 1 amide bonds. The molecule has 0 saturated heterocycles. The highest BCUT2D eigenvalue weighted by molar-refractivity contribution is 9.10. The predicted molar refractivity (Wildman–Crippen MR) is 81.1 cm³/mol. The third kappa shape index (κ3) is 5.74. The molecule has 106 valence electrons. The molecular formula is C15H22BrNO2. The molecule has 4 heteroatoms. The Hall–Kier alpha value is -0.870. The number of amides is 1. The van der Waals surface area contributed by atoms with Crippen LogP contribution in [0.25, 0.3) is 0 Å². The third-order valence-electron chi connectivity index (χ3n) is 2.90. The normalized spacial score (nSPS) is 11.5. The monoisotopic (exact) mass is 327 g/mol. The SMILES string of the molecule is Cc1cc(CCC(=O)N(C)CC(C)(C)O)ccc1Br. The van der Waals surface area contributed by atoms with Gasteiger partial charge in [0.15, 0.2) is 0 Å². The van der Waals surface area contributed by atoms with Crippen molar-refractivity contribution in [1.29, 1.82) is 0 Å². The Labute approximate surface area is 123 Å². The molecule has 0 atom stereocenters. The summed E-state index contributed by atoms with van der Waals surface area (Å²) in [6.45, 7) is 5.80. The second kappa shape index (κ2) is 6.53. The minimum absolute atomic E-state index is 0.0581. The highest BCUT2D eigenvalue weighted by Crippen LogP contribution is 2.18. The van der Waals surface area contributed by atoms with E-state index in [9.17, 15) is 9.90 Å². The Balaban J connectivity index is 2.52. The minimum Gasteiger partial charge on any atom is -0.389 e. The van der Waals surface area contributed by atoms with Crippen molar-refractivity contribution in [2.24, 2.45) is 0 Å². The van der Waals surface area contributed by atoms with E-state index in [-0.39, 0.29) is 5.91 Å². The summed E-state index contributed by atoms with van der Waals surface area (Å²) in [7, 11) is 1.73. The minimum atomic E-state index is -0.849. The van der Waals surface area contributed by atoms with Gasteiger partial charge in [-0.15, -0.1) is 0 Å². The summed E-state index contributed by atoms with van der Waals surface area (Å²) in [5.41, 5.74) is 1.49. The molecule has 1 aromatic rings. The molecule has 0 spiro atoms. The second-order valence-corrected chi connectivity index (χ2v) is 6.50. The fourth-order valence-electron chi connectivity index (χ4n) is 1.97. The number of hydrogen-bond acceptors (Lipinski definition) is 2. The Morgan fingerprint density at radius 3 is 2.58 bits per heavy atom. The van der Waals surface area contributed by atoms with E-state index < -0.39 is 5.60 Å². The molecule has 1 N–H and O–H groups in total. The summed E-state index contributed by atoms with van der Waals surface area (Å²) >= 11 is 3.46. The van der Waals surface area contributed by atoms with Crippen LogP contribution in [0.2, 0.25) is 0 Å². The van der Waals surface area contributed by atoms with Crippen LogP contribution in [-0.2, 0) is 11.2 Å². The van der Waals surface area contributed by atoms with E-state index in [1.165, 1.54) is 5.56 Å². The summed E-state index contributed by atoms with van der Waals surface area (Å²) in [5.74, 6) is 0.0581. The van der Waals surface area contributed by atoms with Crippen LogP contribution in [0, 0.1) is 6.92 Å². The van der Waals surface area contributed by atoms with Crippen LogP contribution < -0.4 is 0 Å². The molecule has 0 aromatic heterocycles. The fourth-order valence-corrected chi connectivity index (χ4v) is 2.22. The molecule has 0 aliphatic carbocycles. The maximum Gasteiger partial charge on any atom is 0.222 e. The Morgan fingerprint density at radius 2 is 2.05 bits per heavy atom. The van der Waals surface area contributed by atoms with Gasteiger partial charge in [-0.25, -0.2) is 0 Å². The number of benzene rings is 1. The van der Waals surface area contributed by atoms with Gasteiger partial charge in [0.2, 0.25) is 5.91 Å². The molecule has 0 unspecified atom stereocenters. The summed E-state index contributed by atoms with van der Waals surface area (Å²) in [6, 6.07) is 6.13. The molecule has 0 fully saturated rings. The van der Waals surface area contributed by atoms with E-state index in [4.69, 9.17) is 0 Å². The van der Waals surface area contributed by atoms with Gasteiger partial charge in [-0.2, -0.15) is 0 Å². The van der Waals surface area contributed by atoms with E-state index in [2.05, 4.69) is 22.0 Å². The van der Waals surface area contributed by atoms with Crippen LogP contribution in [-0.4, -0.2) is 35.1 Å². The van der Waals surface area contributed by atoms with Gasteiger partial charge in [0.05, 0.1) is 5.60 Å². The van der Waals surface area contributed by atoms with Crippen molar-refractivity contribution in [3.63, 3.8) is 0 Å². The van der Waals surface area contributed by atoms with E-state index in [1.807, 2.05) is 19.1 Å². The van der Waals surface area contributed by atoms with E-state index in [0.717, 1.165) is 16.5 Å². The van der Waals surface area contributed by atoms with E-state index in [0.29, 0.717) is 13.0 Å². The number of aliphatic hydroxyl groups is 1. The first-order chi connectivity index (χ1) is 8.69. The van der Waals surface area contributed by atoms with Crippen molar-refractivity contribution in [3.8, 4) is 0 Å². The molecule has 0 aliphatic heterocycles. The first kappa shape index (κ1) is 16.2. The lowest BCUT2D eigenvalue weighted by atomic mass is 10.1. The van der Waals surface area contributed by atoms with E-state index >= 15 is 0 Å². The average molecular weight is 328 g/mol. The van der Waals surface area contributed by atoms with Gasteiger partial charge in [-0.05, 0) is 44.4 Å². The smallest absolute Gasteiger partial charge is 0.222 e. The van der Waals surface area contributed by atoms with Crippen LogP contribution in [0.3, 0.4) is 0 Å². The number of nitrogens with zero attached hydrogens (tertiary/aromatic N) is 1. The van der Waals surface area contributed by atoms with Crippen LogP contribution in [0.1, 0.15) is 31.4 Å². The number of rotatable bonds is 5. The average Bonchev–Trinajstić information content (AvgIpc) is 2.28. The molecule has 3 nitrogen and oxygen atoms in total. The van der Waals surface area contributed by atoms with Gasteiger partial charge in [0.1, 0.15) is 0 Å². The quantitative estimate of drug-likeness (QED) is 0.903. The summed E-state index contributed by atoms with van der Waals surface area (Å²) in [4.78, 5) is 13.5. The first-order valence-corrected chi connectivity index (χ1v) is 7.20. The zero-order valence-electron chi connectivity index (χ0n) is 12.0. The first-order valence-electron chi connectivity index (χ1n) is 6.40. The van der Waals surface area contributed by atoms with Crippen LogP contribution in [0.15, 0.2) is 22.7 Å². The predicted octanol–water partition coefficient (Wildman–Crippen LogP) is 2.92. The van der Waals surface area contributed by atoms with Crippen LogP contribution in [0.5, 0.6) is 0 Å². The topological polar surface area (TPSA) is 40.5 Å². The van der Waals surface area contributed by atoms with Gasteiger partial charge in [-0.3, -0.25) is 4.79 Å². The van der Waals surface area contributed by atoms with Gasteiger partial charge in [-0.1, -0.05) is 28.1 Å². The van der Waals surface area contributed by atoms with Gasteiger partial charge in [0, 0.05) is 24.5 Å². The number of aryl methyl sites for hydroxylation is 2. The molecule has 0 radical (unpaired) electrons. The van der Waals surface area contributed by atoms with Gasteiger partial charge >= 0.3 is 0 Å². The Morgan fingerprint density at radius 1 is 1.42 bits per heavy atom. The number of likely N-dealkylation sites (N-methyl/N-ethyl adjacent to an activating group) is 1. The third-order valence-corrected chi connectivity index (χ3v) is 3.79. The van der Waals surface area contributed by atoms with Crippen molar-refractivity contribution in [2.75, 3.05) is 13.6 Å². The molecule has 0 heterocycles. The molecule has 1 aromatic carbocycles.